The van der Waals surface area contributed by atoms with Gasteiger partial charge in [-0.1, -0.05) is 24.3 Å². The molecule has 6 heteroatoms. The third kappa shape index (κ3) is 2.84. The Morgan fingerprint density at radius 2 is 2.00 bits per heavy atom. The summed E-state index contributed by atoms with van der Waals surface area (Å²) in [7, 11) is -3.46. The van der Waals surface area contributed by atoms with E-state index >= 15 is 0 Å². The molecule has 0 aromatic heterocycles. The first-order chi connectivity index (χ1) is 8.13. The standard InChI is InChI=1S/C11H16N2O3S/c14-8-6-12-17(15,16)13-7-5-10-3-1-2-4-11(10)9-13/h1-4,12,14H,5-9H2. The Balaban J connectivity index is 2.12. The Hall–Kier alpha value is -0.950. The molecule has 1 aliphatic rings. The molecule has 0 fully saturated rings. The number of nitrogens with zero attached hydrogens (tertiary/aromatic N) is 1. The number of hydrogen-bond donors (Lipinski definition) is 2. The molecule has 0 atom stereocenters. The Labute approximate surface area is 101 Å². The second-order valence-electron chi connectivity index (χ2n) is 3.98. The molecule has 0 spiro atoms. The zero-order chi connectivity index (χ0) is 12.3. The van der Waals surface area contributed by atoms with E-state index in [4.69, 9.17) is 5.11 Å². The van der Waals surface area contributed by atoms with E-state index in [1.807, 2.05) is 24.3 Å². The molecule has 2 rings (SSSR count). The summed E-state index contributed by atoms with van der Waals surface area (Å²) in [5.74, 6) is 0. The Bertz CT molecular complexity index is 487. The van der Waals surface area contributed by atoms with Gasteiger partial charge in [0.15, 0.2) is 0 Å². The molecule has 0 amide bonds. The largest absolute Gasteiger partial charge is 0.395 e. The predicted molar refractivity (Wildman–Crippen MR) is 64.6 cm³/mol. The topological polar surface area (TPSA) is 69.6 Å². The number of nitrogens with one attached hydrogen (secondary N) is 1. The highest BCUT2D eigenvalue weighted by Gasteiger charge is 2.25. The van der Waals surface area contributed by atoms with Crippen LogP contribution in [-0.4, -0.2) is 37.5 Å². The van der Waals surface area contributed by atoms with Crippen molar-refractivity contribution in [3.8, 4) is 0 Å². The summed E-state index contributed by atoms with van der Waals surface area (Å²) in [6.07, 6.45) is 0.732. The number of hydrogen-bond acceptors (Lipinski definition) is 3. The summed E-state index contributed by atoms with van der Waals surface area (Å²) in [5.41, 5.74) is 2.26. The fourth-order valence-corrected chi connectivity index (χ4v) is 3.11. The lowest BCUT2D eigenvalue weighted by atomic mass is 10.0. The van der Waals surface area contributed by atoms with Crippen LogP contribution in [0.5, 0.6) is 0 Å². The van der Waals surface area contributed by atoms with Crippen molar-refractivity contribution in [2.75, 3.05) is 19.7 Å². The van der Waals surface area contributed by atoms with Gasteiger partial charge in [-0.25, -0.2) is 0 Å². The van der Waals surface area contributed by atoms with Crippen LogP contribution in [0.3, 0.4) is 0 Å². The van der Waals surface area contributed by atoms with Crippen LogP contribution in [0.4, 0.5) is 0 Å². The maximum Gasteiger partial charge on any atom is 0.279 e. The molecule has 94 valence electrons. The van der Waals surface area contributed by atoms with Gasteiger partial charge >= 0.3 is 0 Å². The maximum atomic E-state index is 11.9. The molecule has 0 unspecified atom stereocenters. The summed E-state index contributed by atoms with van der Waals surface area (Å²) < 4.78 is 27.5. The van der Waals surface area contributed by atoms with Crippen LogP contribution in [0.25, 0.3) is 0 Å². The van der Waals surface area contributed by atoms with Crippen LogP contribution in [0, 0.1) is 0 Å². The predicted octanol–water partition coefficient (Wildman–Crippen LogP) is -0.129. The van der Waals surface area contributed by atoms with Gasteiger partial charge in [-0.2, -0.15) is 17.4 Å². The Morgan fingerprint density at radius 3 is 2.71 bits per heavy atom. The van der Waals surface area contributed by atoms with Gasteiger partial charge < -0.3 is 5.11 Å². The Morgan fingerprint density at radius 1 is 1.29 bits per heavy atom. The van der Waals surface area contributed by atoms with E-state index < -0.39 is 10.2 Å². The molecule has 17 heavy (non-hydrogen) atoms. The van der Waals surface area contributed by atoms with Crippen molar-refractivity contribution in [3.63, 3.8) is 0 Å². The number of rotatable bonds is 4. The summed E-state index contributed by atoms with van der Waals surface area (Å²) in [6, 6.07) is 7.85. The average molecular weight is 256 g/mol. The van der Waals surface area contributed by atoms with Crippen molar-refractivity contribution in [1.82, 2.24) is 9.03 Å². The second kappa shape index (κ2) is 5.14. The van der Waals surface area contributed by atoms with Gasteiger partial charge in [-0.15, -0.1) is 0 Å². The van der Waals surface area contributed by atoms with Gasteiger partial charge in [0.25, 0.3) is 10.2 Å². The first kappa shape index (κ1) is 12.5. The smallest absolute Gasteiger partial charge is 0.279 e. The van der Waals surface area contributed by atoms with Gasteiger partial charge in [0.05, 0.1) is 6.61 Å². The zero-order valence-electron chi connectivity index (χ0n) is 9.46. The molecule has 1 aromatic rings. The molecular weight excluding hydrogens is 240 g/mol. The highest BCUT2D eigenvalue weighted by Crippen LogP contribution is 2.19. The number of aliphatic hydroxyl groups excluding tert-OH is 1. The van der Waals surface area contributed by atoms with E-state index in [1.165, 1.54) is 9.87 Å². The Kier molecular flexibility index (Phi) is 3.78. The van der Waals surface area contributed by atoms with E-state index in [1.54, 1.807) is 0 Å². The van der Waals surface area contributed by atoms with Gasteiger partial charge in [0.2, 0.25) is 0 Å². The molecule has 2 N–H and O–H groups in total. The van der Waals surface area contributed by atoms with Crippen LogP contribution in [0.15, 0.2) is 24.3 Å². The third-order valence-electron chi connectivity index (χ3n) is 2.83. The summed E-state index contributed by atoms with van der Waals surface area (Å²) in [6.45, 7) is 0.749. The van der Waals surface area contributed by atoms with E-state index in [2.05, 4.69) is 4.72 Å². The van der Waals surface area contributed by atoms with Gasteiger partial charge in [0.1, 0.15) is 0 Å². The molecule has 0 saturated carbocycles. The lowest BCUT2D eigenvalue weighted by molar-refractivity contribution is 0.297. The van der Waals surface area contributed by atoms with Crippen molar-refractivity contribution < 1.29 is 13.5 Å². The number of fused-ring (bicyclic) bond motifs is 1. The lowest BCUT2D eigenvalue weighted by Crippen LogP contribution is -2.44. The van der Waals surface area contributed by atoms with Crippen LogP contribution in [0.1, 0.15) is 11.1 Å². The first-order valence-electron chi connectivity index (χ1n) is 5.56. The fourth-order valence-electron chi connectivity index (χ4n) is 1.94. The zero-order valence-corrected chi connectivity index (χ0v) is 10.3. The number of aliphatic hydroxyl groups is 1. The minimum absolute atomic E-state index is 0.0560. The summed E-state index contributed by atoms with van der Waals surface area (Å²) in [4.78, 5) is 0. The number of benzene rings is 1. The van der Waals surface area contributed by atoms with Crippen LogP contribution in [0.2, 0.25) is 0 Å². The monoisotopic (exact) mass is 256 g/mol. The van der Waals surface area contributed by atoms with Crippen molar-refractivity contribution in [1.29, 1.82) is 0 Å². The van der Waals surface area contributed by atoms with Gasteiger partial charge in [-0.05, 0) is 17.5 Å². The van der Waals surface area contributed by atoms with Crippen molar-refractivity contribution in [3.05, 3.63) is 35.4 Å². The van der Waals surface area contributed by atoms with E-state index in [0.29, 0.717) is 13.1 Å². The van der Waals surface area contributed by atoms with Crippen LogP contribution < -0.4 is 4.72 Å². The first-order valence-corrected chi connectivity index (χ1v) is 7.00. The summed E-state index contributed by atoms with van der Waals surface area (Å²) >= 11 is 0. The van der Waals surface area contributed by atoms with Crippen molar-refractivity contribution in [2.24, 2.45) is 0 Å². The normalized spacial score (nSPS) is 16.8. The molecule has 1 aromatic carbocycles. The highest BCUT2D eigenvalue weighted by atomic mass is 32.2. The maximum absolute atomic E-state index is 11.9. The molecule has 0 aliphatic carbocycles. The van der Waals surface area contributed by atoms with Crippen LogP contribution >= 0.6 is 0 Å². The third-order valence-corrected chi connectivity index (χ3v) is 4.39. The minimum atomic E-state index is -3.46. The van der Waals surface area contributed by atoms with Gasteiger partial charge in [0, 0.05) is 19.6 Å². The van der Waals surface area contributed by atoms with E-state index in [0.717, 1.165) is 12.0 Å². The quantitative estimate of drug-likeness (QED) is 0.788. The van der Waals surface area contributed by atoms with Crippen molar-refractivity contribution >= 4 is 10.2 Å². The second-order valence-corrected chi connectivity index (χ2v) is 5.73. The molecule has 1 aliphatic heterocycles. The van der Waals surface area contributed by atoms with E-state index in [9.17, 15) is 8.42 Å². The minimum Gasteiger partial charge on any atom is -0.395 e. The molecule has 1 heterocycles. The fraction of sp³-hybridized carbons (Fsp3) is 0.455. The van der Waals surface area contributed by atoms with Crippen molar-refractivity contribution in [2.45, 2.75) is 13.0 Å². The summed E-state index contributed by atoms with van der Waals surface area (Å²) in [5, 5.41) is 8.64. The molecule has 0 bridgehead atoms. The van der Waals surface area contributed by atoms with Gasteiger partial charge in [-0.3, -0.25) is 0 Å². The molecule has 0 saturated heterocycles. The molecular formula is C11H16N2O3S. The highest BCUT2D eigenvalue weighted by molar-refractivity contribution is 7.87. The average Bonchev–Trinajstić information content (AvgIpc) is 2.36. The molecule has 5 nitrogen and oxygen atoms in total. The van der Waals surface area contributed by atoms with Crippen LogP contribution in [-0.2, 0) is 23.2 Å². The SMILES string of the molecule is O=S(=O)(NCCO)N1CCc2ccccc2C1. The van der Waals surface area contributed by atoms with E-state index in [-0.39, 0.29) is 13.2 Å². The lowest BCUT2D eigenvalue weighted by Gasteiger charge is -2.27. The molecule has 0 radical (unpaired) electrons.